The third kappa shape index (κ3) is 4.55. The van der Waals surface area contributed by atoms with Crippen molar-refractivity contribution in [2.75, 3.05) is 7.11 Å². The van der Waals surface area contributed by atoms with Crippen LogP contribution in [0.5, 0.6) is 0 Å². The summed E-state index contributed by atoms with van der Waals surface area (Å²) in [5, 5.41) is 11.4. The molecule has 2 N–H and O–H groups in total. The third-order valence-corrected chi connectivity index (χ3v) is 2.94. The van der Waals surface area contributed by atoms with Crippen LogP contribution in [0.3, 0.4) is 0 Å². The summed E-state index contributed by atoms with van der Waals surface area (Å²) in [7, 11) is 1.38. The van der Waals surface area contributed by atoms with Crippen LogP contribution in [0, 0.1) is 0 Å². The summed E-state index contributed by atoms with van der Waals surface area (Å²) in [6.07, 6.45) is -0.800. The van der Waals surface area contributed by atoms with Crippen molar-refractivity contribution in [1.82, 2.24) is 5.32 Å². The minimum Gasteiger partial charge on any atom is -0.480 e. The van der Waals surface area contributed by atoms with Gasteiger partial charge < -0.3 is 19.9 Å². The van der Waals surface area contributed by atoms with Crippen LogP contribution in [0.25, 0.3) is 0 Å². The average Bonchev–Trinajstić information content (AvgIpc) is 2.43. The number of carbonyl (C=O) groups is 2. The smallest absolute Gasteiger partial charge is 0.408 e. The molecule has 20 heavy (non-hydrogen) atoms. The Morgan fingerprint density at radius 2 is 1.90 bits per heavy atom. The van der Waals surface area contributed by atoms with Crippen molar-refractivity contribution < 1.29 is 24.2 Å². The molecule has 0 aliphatic carbocycles. The molecular formula is C14H19NO5. The van der Waals surface area contributed by atoms with Gasteiger partial charge in [-0.15, -0.1) is 0 Å². The highest BCUT2D eigenvalue weighted by Gasteiger charge is 2.37. The molecule has 0 bridgehead atoms. The van der Waals surface area contributed by atoms with Crippen LogP contribution in [0.15, 0.2) is 30.3 Å². The predicted octanol–water partition coefficient (Wildman–Crippen LogP) is 1.79. The molecule has 0 saturated heterocycles. The Morgan fingerprint density at radius 1 is 1.30 bits per heavy atom. The molecule has 1 aromatic carbocycles. The Kier molecular flexibility index (Phi) is 5.52. The highest BCUT2D eigenvalue weighted by molar-refractivity contribution is 5.81. The lowest BCUT2D eigenvalue weighted by atomic mass is 9.99. The molecule has 1 rings (SSSR count). The molecule has 6 heteroatoms. The van der Waals surface area contributed by atoms with Crippen molar-refractivity contribution >= 4 is 12.1 Å². The number of aliphatic carboxylic acids is 1. The largest absolute Gasteiger partial charge is 0.480 e. The van der Waals surface area contributed by atoms with Crippen LogP contribution in [-0.2, 0) is 20.9 Å². The number of hydrogen-bond donors (Lipinski definition) is 2. The summed E-state index contributed by atoms with van der Waals surface area (Å²) in [6.45, 7) is 3.22. The molecule has 0 radical (unpaired) electrons. The first-order valence-corrected chi connectivity index (χ1v) is 6.12. The standard InChI is InChI=1S/C14H19NO5/c1-14(2,19-3)11(12(16)17)15-13(18)20-9-10-7-5-4-6-8-10/h4-8,11H,9H2,1-3H3,(H,15,18)(H,16,17). The lowest BCUT2D eigenvalue weighted by molar-refractivity contribution is -0.147. The van der Waals surface area contributed by atoms with E-state index >= 15 is 0 Å². The number of methoxy groups -OCH3 is 1. The zero-order valence-electron chi connectivity index (χ0n) is 11.8. The molecule has 1 aromatic rings. The van der Waals surface area contributed by atoms with Crippen molar-refractivity contribution in [1.29, 1.82) is 0 Å². The number of ether oxygens (including phenoxy) is 2. The van der Waals surface area contributed by atoms with E-state index in [9.17, 15) is 9.59 Å². The molecule has 0 spiro atoms. The van der Waals surface area contributed by atoms with Crippen LogP contribution >= 0.6 is 0 Å². The van der Waals surface area contributed by atoms with Crippen LogP contribution in [0.1, 0.15) is 19.4 Å². The van der Waals surface area contributed by atoms with E-state index in [1.54, 1.807) is 26.0 Å². The van der Waals surface area contributed by atoms with Crippen LogP contribution in [0.2, 0.25) is 0 Å². The van der Waals surface area contributed by atoms with Gasteiger partial charge in [0, 0.05) is 7.11 Å². The fourth-order valence-corrected chi connectivity index (χ4v) is 1.53. The minimum absolute atomic E-state index is 0.0758. The van der Waals surface area contributed by atoms with E-state index in [-0.39, 0.29) is 6.61 Å². The molecule has 0 aliphatic rings. The normalized spacial score (nSPS) is 12.6. The maximum Gasteiger partial charge on any atom is 0.408 e. The summed E-state index contributed by atoms with van der Waals surface area (Å²) >= 11 is 0. The minimum atomic E-state index is -1.20. The third-order valence-electron chi connectivity index (χ3n) is 2.94. The van der Waals surface area contributed by atoms with E-state index in [1.165, 1.54) is 7.11 Å². The number of amides is 1. The van der Waals surface area contributed by atoms with Gasteiger partial charge in [-0.2, -0.15) is 0 Å². The van der Waals surface area contributed by atoms with E-state index in [0.29, 0.717) is 0 Å². The number of nitrogens with one attached hydrogen (secondary N) is 1. The van der Waals surface area contributed by atoms with E-state index in [0.717, 1.165) is 5.56 Å². The van der Waals surface area contributed by atoms with E-state index in [4.69, 9.17) is 14.6 Å². The second kappa shape index (κ2) is 6.91. The second-order valence-corrected chi connectivity index (χ2v) is 4.78. The van der Waals surface area contributed by atoms with Gasteiger partial charge in [0.25, 0.3) is 0 Å². The molecule has 1 amide bonds. The summed E-state index contributed by atoms with van der Waals surface area (Å²) in [5.41, 5.74) is -0.224. The molecule has 0 saturated carbocycles. The fraction of sp³-hybridized carbons (Fsp3) is 0.429. The zero-order chi connectivity index (χ0) is 15.2. The van der Waals surface area contributed by atoms with Gasteiger partial charge in [-0.25, -0.2) is 9.59 Å². The highest BCUT2D eigenvalue weighted by Crippen LogP contribution is 2.14. The van der Waals surface area contributed by atoms with Crippen molar-refractivity contribution in [3.8, 4) is 0 Å². The Hall–Kier alpha value is -2.08. The molecular weight excluding hydrogens is 262 g/mol. The lowest BCUT2D eigenvalue weighted by Gasteiger charge is -2.30. The number of carbonyl (C=O) groups excluding carboxylic acids is 1. The molecule has 1 atom stereocenters. The molecule has 0 fully saturated rings. The van der Waals surface area contributed by atoms with Gasteiger partial charge in [0.2, 0.25) is 0 Å². The Morgan fingerprint density at radius 3 is 2.40 bits per heavy atom. The van der Waals surface area contributed by atoms with Gasteiger partial charge >= 0.3 is 12.1 Å². The first kappa shape index (κ1) is 16.0. The number of carboxylic acid groups (broad SMARTS) is 1. The number of alkyl carbamates (subject to hydrolysis) is 1. The lowest BCUT2D eigenvalue weighted by Crippen LogP contribution is -2.55. The molecule has 110 valence electrons. The Bertz CT molecular complexity index is 458. The molecule has 0 aliphatic heterocycles. The number of carboxylic acids is 1. The molecule has 0 aromatic heterocycles. The van der Waals surface area contributed by atoms with E-state index < -0.39 is 23.7 Å². The van der Waals surface area contributed by atoms with E-state index in [2.05, 4.69) is 5.32 Å². The predicted molar refractivity (Wildman–Crippen MR) is 72.3 cm³/mol. The van der Waals surface area contributed by atoms with Gasteiger partial charge in [-0.1, -0.05) is 30.3 Å². The summed E-state index contributed by atoms with van der Waals surface area (Å²) in [5.74, 6) is -1.19. The first-order valence-electron chi connectivity index (χ1n) is 6.12. The van der Waals surface area contributed by atoms with Gasteiger partial charge in [0.05, 0.1) is 5.60 Å². The number of rotatable bonds is 6. The van der Waals surface area contributed by atoms with Gasteiger partial charge in [-0.05, 0) is 19.4 Å². The summed E-state index contributed by atoms with van der Waals surface area (Å²) in [6, 6.07) is 7.92. The van der Waals surface area contributed by atoms with Crippen LogP contribution in [0.4, 0.5) is 4.79 Å². The van der Waals surface area contributed by atoms with Crippen molar-refractivity contribution in [3.63, 3.8) is 0 Å². The van der Waals surface area contributed by atoms with Crippen molar-refractivity contribution in [2.45, 2.75) is 32.1 Å². The Balaban J connectivity index is 2.57. The number of hydrogen-bond acceptors (Lipinski definition) is 4. The molecule has 1 unspecified atom stereocenters. The monoisotopic (exact) mass is 281 g/mol. The quantitative estimate of drug-likeness (QED) is 0.830. The van der Waals surface area contributed by atoms with Crippen molar-refractivity contribution in [2.24, 2.45) is 0 Å². The number of benzene rings is 1. The van der Waals surface area contributed by atoms with Gasteiger partial charge in [0.1, 0.15) is 6.61 Å². The summed E-state index contributed by atoms with van der Waals surface area (Å²) < 4.78 is 10.1. The fourth-order valence-electron chi connectivity index (χ4n) is 1.53. The van der Waals surface area contributed by atoms with Gasteiger partial charge in [0.15, 0.2) is 6.04 Å². The second-order valence-electron chi connectivity index (χ2n) is 4.78. The maximum absolute atomic E-state index is 11.6. The maximum atomic E-state index is 11.6. The van der Waals surface area contributed by atoms with Crippen LogP contribution < -0.4 is 5.32 Å². The summed E-state index contributed by atoms with van der Waals surface area (Å²) in [4.78, 5) is 22.8. The molecule has 6 nitrogen and oxygen atoms in total. The Labute approximate surface area is 117 Å². The highest BCUT2D eigenvalue weighted by atomic mass is 16.5. The first-order chi connectivity index (χ1) is 9.36. The van der Waals surface area contributed by atoms with Gasteiger partial charge in [-0.3, -0.25) is 0 Å². The van der Waals surface area contributed by atoms with Crippen molar-refractivity contribution in [3.05, 3.63) is 35.9 Å². The van der Waals surface area contributed by atoms with E-state index in [1.807, 2.05) is 18.2 Å². The zero-order valence-corrected chi connectivity index (χ0v) is 11.8. The average molecular weight is 281 g/mol. The topological polar surface area (TPSA) is 84.9 Å². The SMILES string of the molecule is COC(C)(C)C(NC(=O)OCc1ccccc1)C(=O)O. The van der Waals surface area contributed by atoms with Crippen LogP contribution in [-0.4, -0.2) is 35.9 Å². The molecule has 0 heterocycles.